The number of methoxy groups -OCH3 is 1. The number of ether oxygens (including phenoxy) is 1. The highest BCUT2D eigenvalue weighted by molar-refractivity contribution is 8.05. The van der Waals surface area contributed by atoms with Crippen LogP contribution in [0.2, 0.25) is 0 Å². The van der Waals surface area contributed by atoms with E-state index in [0.29, 0.717) is 11.3 Å². The molecule has 1 unspecified atom stereocenters. The Kier molecular flexibility index (Phi) is 4.49. The molecule has 1 aromatic carbocycles. The van der Waals surface area contributed by atoms with Gasteiger partial charge in [0.2, 0.25) is 0 Å². The Morgan fingerprint density at radius 2 is 2.19 bits per heavy atom. The van der Waals surface area contributed by atoms with Gasteiger partial charge >= 0.3 is 0 Å². The molecule has 1 aromatic rings. The van der Waals surface area contributed by atoms with Crippen LogP contribution in [0.3, 0.4) is 0 Å². The Balaban J connectivity index is 2.26. The predicted molar refractivity (Wildman–Crippen MR) is 82.6 cm³/mol. The largest absolute Gasteiger partial charge is 0.496 e. The van der Waals surface area contributed by atoms with E-state index in [4.69, 9.17) is 21.2 Å². The maximum atomic E-state index is 12.5. The van der Waals surface area contributed by atoms with Gasteiger partial charge in [0, 0.05) is 12.0 Å². The fourth-order valence-corrected chi connectivity index (χ4v) is 3.81. The minimum absolute atomic E-state index is 0.0363. The molecule has 0 aliphatic carbocycles. The molecular formula is C14H18ClNO4S. The monoisotopic (exact) mass is 331 g/mol. The summed E-state index contributed by atoms with van der Waals surface area (Å²) in [5.74, 6) is 0.600. The lowest BCUT2D eigenvalue weighted by atomic mass is 10.1. The molecule has 1 heterocycles. The van der Waals surface area contributed by atoms with Gasteiger partial charge in [-0.05, 0) is 19.4 Å². The van der Waals surface area contributed by atoms with Gasteiger partial charge in [0.15, 0.2) is 20.5 Å². The Bertz CT molecular complexity index is 672. The molecule has 0 saturated carbocycles. The van der Waals surface area contributed by atoms with Crippen LogP contribution in [-0.2, 0) is 20.4 Å². The highest BCUT2D eigenvalue weighted by atomic mass is 35.5. The van der Waals surface area contributed by atoms with Crippen molar-refractivity contribution in [2.75, 3.05) is 13.0 Å². The SMILES string of the molecule is COc1c(C)cccc1CS(=O)(=O)C1=NOC(C)(CCl)C1. The van der Waals surface area contributed by atoms with Gasteiger partial charge in [-0.3, -0.25) is 0 Å². The fourth-order valence-electron chi connectivity index (χ4n) is 2.19. The number of hydrogen-bond donors (Lipinski definition) is 0. The molecule has 0 spiro atoms. The van der Waals surface area contributed by atoms with Crippen molar-refractivity contribution in [3.63, 3.8) is 0 Å². The summed E-state index contributed by atoms with van der Waals surface area (Å²) in [6, 6.07) is 5.41. The second-order valence-corrected chi connectivity index (χ2v) is 7.62. The summed E-state index contributed by atoms with van der Waals surface area (Å²) in [5.41, 5.74) is 0.751. The van der Waals surface area contributed by atoms with E-state index in [1.54, 1.807) is 19.1 Å². The van der Waals surface area contributed by atoms with Crippen molar-refractivity contribution in [3.05, 3.63) is 29.3 Å². The lowest BCUT2D eigenvalue weighted by Crippen LogP contribution is -2.28. The third-order valence-electron chi connectivity index (χ3n) is 3.38. The smallest absolute Gasteiger partial charge is 0.199 e. The molecule has 21 heavy (non-hydrogen) atoms. The maximum absolute atomic E-state index is 12.5. The molecular weight excluding hydrogens is 314 g/mol. The summed E-state index contributed by atoms with van der Waals surface area (Å²) in [7, 11) is -2.03. The van der Waals surface area contributed by atoms with Crippen LogP contribution < -0.4 is 4.74 Å². The van der Waals surface area contributed by atoms with E-state index in [1.807, 2.05) is 13.0 Å². The van der Waals surface area contributed by atoms with Crippen LogP contribution >= 0.6 is 11.6 Å². The predicted octanol–water partition coefficient (Wildman–Crippen LogP) is 2.65. The number of oxime groups is 1. The minimum Gasteiger partial charge on any atom is -0.496 e. The van der Waals surface area contributed by atoms with Crippen LogP contribution in [-0.4, -0.2) is 32.1 Å². The molecule has 0 N–H and O–H groups in total. The lowest BCUT2D eigenvalue weighted by Gasteiger charge is -2.16. The molecule has 0 saturated heterocycles. The van der Waals surface area contributed by atoms with E-state index in [-0.39, 0.29) is 23.1 Å². The summed E-state index contributed by atoms with van der Waals surface area (Å²) in [6.45, 7) is 3.61. The molecule has 5 nitrogen and oxygen atoms in total. The average molecular weight is 332 g/mol. The molecule has 1 aliphatic heterocycles. The third-order valence-corrected chi connectivity index (χ3v) is 5.57. The van der Waals surface area contributed by atoms with E-state index in [2.05, 4.69) is 5.16 Å². The third kappa shape index (κ3) is 3.32. The van der Waals surface area contributed by atoms with E-state index in [1.165, 1.54) is 7.11 Å². The zero-order chi connectivity index (χ0) is 15.7. The Labute approximate surface area is 129 Å². The van der Waals surface area contributed by atoms with Crippen molar-refractivity contribution >= 4 is 26.5 Å². The van der Waals surface area contributed by atoms with Gasteiger partial charge in [0.05, 0.1) is 18.7 Å². The first-order chi connectivity index (χ1) is 9.81. The van der Waals surface area contributed by atoms with Crippen LogP contribution in [0.4, 0.5) is 0 Å². The molecule has 0 fully saturated rings. The number of hydrogen-bond acceptors (Lipinski definition) is 5. The number of rotatable bonds is 4. The van der Waals surface area contributed by atoms with E-state index in [0.717, 1.165) is 5.56 Å². The first-order valence-electron chi connectivity index (χ1n) is 6.47. The van der Waals surface area contributed by atoms with Crippen LogP contribution in [0.15, 0.2) is 23.4 Å². The molecule has 2 rings (SSSR count). The summed E-state index contributed by atoms with van der Waals surface area (Å²) in [4.78, 5) is 5.15. The van der Waals surface area contributed by atoms with Crippen molar-refractivity contribution < 1.29 is 18.0 Å². The van der Waals surface area contributed by atoms with Crippen molar-refractivity contribution in [1.82, 2.24) is 0 Å². The summed E-state index contributed by atoms with van der Waals surface area (Å²) in [5, 5.41) is 3.75. The summed E-state index contributed by atoms with van der Waals surface area (Å²) < 4.78 is 30.2. The van der Waals surface area contributed by atoms with Gasteiger partial charge in [-0.1, -0.05) is 23.4 Å². The molecule has 1 aliphatic rings. The van der Waals surface area contributed by atoms with E-state index >= 15 is 0 Å². The summed E-state index contributed by atoms with van der Waals surface area (Å²) in [6.07, 6.45) is 0.187. The summed E-state index contributed by atoms with van der Waals surface area (Å²) >= 11 is 5.78. The topological polar surface area (TPSA) is 65.0 Å². The second kappa shape index (κ2) is 5.85. The quantitative estimate of drug-likeness (QED) is 0.796. The maximum Gasteiger partial charge on any atom is 0.199 e. The first kappa shape index (κ1) is 16.1. The van der Waals surface area contributed by atoms with Crippen LogP contribution in [0, 0.1) is 6.92 Å². The van der Waals surface area contributed by atoms with Crippen molar-refractivity contribution in [2.45, 2.75) is 31.6 Å². The lowest BCUT2D eigenvalue weighted by molar-refractivity contribution is 0.0152. The Morgan fingerprint density at radius 3 is 2.76 bits per heavy atom. The zero-order valence-electron chi connectivity index (χ0n) is 12.2. The average Bonchev–Trinajstić information content (AvgIpc) is 2.83. The fraction of sp³-hybridized carbons (Fsp3) is 0.500. The molecule has 116 valence electrons. The van der Waals surface area contributed by atoms with Gasteiger partial charge in [-0.2, -0.15) is 0 Å². The zero-order valence-corrected chi connectivity index (χ0v) is 13.8. The number of sulfone groups is 1. The van der Waals surface area contributed by atoms with Gasteiger partial charge < -0.3 is 9.57 Å². The standard InChI is InChI=1S/C14H18ClNO4S/c1-10-5-4-6-11(13(10)19-3)8-21(17,18)12-7-14(2,9-15)20-16-12/h4-6H,7-9H2,1-3H3. The van der Waals surface area contributed by atoms with Gasteiger partial charge in [-0.25, -0.2) is 8.42 Å². The Morgan fingerprint density at radius 1 is 1.48 bits per heavy atom. The Hall–Kier alpha value is -1.27. The molecule has 0 amide bonds. The molecule has 0 bridgehead atoms. The van der Waals surface area contributed by atoms with Crippen LogP contribution in [0.1, 0.15) is 24.5 Å². The number of para-hydroxylation sites is 1. The van der Waals surface area contributed by atoms with Gasteiger partial charge in [0.1, 0.15) is 5.75 Å². The first-order valence-corrected chi connectivity index (χ1v) is 8.66. The van der Waals surface area contributed by atoms with E-state index < -0.39 is 15.4 Å². The molecule has 1 atom stereocenters. The van der Waals surface area contributed by atoms with Crippen LogP contribution in [0.5, 0.6) is 5.75 Å². The minimum atomic E-state index is -3.56. The highest BCUT2D eigenvalue weighted by Gasteiger charge is 2.39. The van der Waals surface area contributed by atoms with Gasteiger partial charge in [-0.15, -0.1) is 11.6 Å². The van der Waals surface area contributed by atoms with Gasteiger partial charge in [0.25, 0.3) is 0 Å². The van der Waals surface area contributed by atoms with Crippen molar-refractivity contribution in [2.24, 2.45) is 5.16 Å². The normalized spacial score (nSPS) is 21.8. The molecule has 7 heteroatoms. The molecule has 0 radical (unpaired) electrons. The number of halogens is 1. The van der Waals surface area contributed by atoms with E-state index in [9.17, 15) is 8.42 Å². The number of alkyl halides is 1. The number of aryl methyl sites for hydroxylation is 1. The number of nitrogens with zero attached hydrogens (tertiary/aromatic N) is 1. The second-order valence-electron chi connectivity index (χ2n) is 5.36. The van der Waals surface area contributed by atoms with Crippen molar-refractivity contribution in [3.8, 4) is 5.75 Å². The highest BCUT2D eigenvalue weighted by Crippen LogP contribution is 2.30. The molecule has 0 aromatic heterocycles. The van der Waals surface area contributed by atoms with Crippen molar-refractivity contribution in [1.29, 1.82) is 0 Å². The van der Waals surface area contributed by atoms with Crippen LogP contribution in [0.25, 0.3) is 0 Å². The number of benzene rings is 1.